The van der Waals surface area contributed by atoms with E-state index in [0.717, 1.165) is 4.47 Å². The minimum absolute atomic E-state index is 0.0271. The lowest BCUT2D eigenvalue weighted by molar-refractivity contribution is 0.373. The molecule has 0 bridgehead atoms. The molecule has 2 aromatic carbocycles. The summed E-state index contributed by atoms with van der Waals surface area (Å²) in [7, 11) is -2.54. The van der Waals surface area contributed by atoms with Crippen LogP contribution in [0.2, 0.25) is 0 Å². The lowest BCUT2D eigenvalue weighted by Gasteiger charge is -2.06. The van der Waals surface area contributed by atoms with Crippen molar-refractivity contribution in [1.29, 1.82) is 5.26 Å². The van der Waals surface area contributed by atoms with Crippen molar-refractivity contribution in [1.82, 2.24) is 0 Å². The van der Waals surface area contributed by atoms with Gasteiger partial charge in [0.2, 0.25) is 9.84 Å². The van der Waals surface area contributed by atoms with Crippen molar-refractivity contribution in [3.63, 3.8) is 0 Å². The number of phenolic OH excluding ortho intramolecular Hbond substituents is 1. The Morgan fingerprint density at radius 3 is 2.48 bits per heavy atom. The number of nitriles is 1. The third-order valence-corrected chi connectivity index (χ3v) is 5.23. The fraction of sp³-hybridized carbons (Fsp3) is 0.0625. The second-order valence-corrected chi connectivity index (χ2v) is 7.34. The number of hydrogen-bond acceptors (Lipinski definition) is 5. The highest BCUT2D eigenvalue weighted by molar-refractivity contribution is 9.10. The lowest BCUT2D eigenvalue weighted by atomic mass is 10.2. The molecule has 0 aromatic heterocycles. The molecule has 1 N–H and O–H groups in total. The van der Waals surface area contributed by atoms with E-state index >= 15 is 0 Å². The number of halogens is 1. The van der Waals surface area contributed by atoms with Crippen molar-refractivity contribution < 1.29 is 18.3 Å². The van der Waals surface area contributed by atoms with E-state index in [1.165, 1.54) is 43.5 Å². The summed E-state index contributed by atoms with van der Waals surface area (Å²) in [5.74, 6) is 0.121. The summed E-state index contributed by atoms with van der Waals surface area (Å²) in [6.07, 6.45) is 1.24. The number of nitrogens with zero attached hydrogens (tertiary/aromatic N) is 1. The first kappa shape index (κ1) is 17.1. The summed E-state index contributed by atoms with van der Waals surface area (Å²) < 4.78 is 30.7. The van der Waals surface area contributed by atoms with E-state index in [0.29, 0.717) is 5.56 Å². The summed E-state index contributed by atoms with van der Waals surface area (Å²) in [5.41, 5.74) is 0.428. The van der Waals surface area contributed by atoms with Gasteiger partial charge in [0.05, 0.1) is 12.0 Å². The molecule has 0 aliphatic carbocycles. The molecule has 0 aliphatic heterocycles. The van der Waals surface area contributed by atoms with Crippen LogP contribution < -0.4 is 4.74 Å². The van der Waals surface area contributed by atoms with E-state index in [4.69, 9.17) is 4.74 Å². The van der Waals surface area contributed by atoms with Crippen molar-refractivity contribution in [2.75, 3.05) is 7.11 Å². The largest absolute Gasteiger partial charge is 0.504 e. The maximum Gasteiger partial charge on any atom is 0.216 e. The Balaban J connectivity index is 2.50. The van der Waals surface area contributed by atoms with Crippen molar-refractivity contribution in [2.45, 2.75) is 4.90 Å². The maximum absolute atomic E-state index is 12.5. The number of rotatable bonds is 4. The fourth-order valence-electron chi connectivity index (χ4n) is 1.85. The first-order valence-corrected chi connectivity index (χ1v) is 8.65. The van der Waals surface area contributed by atoms with E-state index in [-0.39, 0.29) is 16.4 Å². The van der Waals surface area contributed by atoms with Crippen molar-refractivity contribution in [2.24, 2.45) is 0 Å². The van der Waals surface area contributed by atoms with Gasteiger partial charge in [0, 0.05) is 4.47 Å². The smallest absolute Gasteiger partial charge is 0.216 e. The van der Waals surface area contributed by atoms with Crippen LogP contribution in [0.15, 0.2) is 56.7 Å². The van der Waals surface area contributed by atoms with E-state index in [1.807, 2.05) is 0 Å². The number of sulfone groups is 1. The lowest BCUT2D eigenvalue weighted by Crippen LogP contribution is -2.03. The van der Waals surface area contributed by atoms with Gasteiger partial charge in [-0.2, -0.15) is 5.26 Å². The molecule has 2 aromatic rings. The monoisotopic (exact) mass is 393 g/mol. The van der Waals surface area contributed by atoms with E-state index in [9.17, 15) is 18.8 Å². The summed E-state index contributed by atoms with van der Waals surface area (Å²) in [5, 5.41) is 18.8. The van der Waals surface area contributed by atoms with Gasteiger partial charge in [0.15, 0.2) is 11.5 Å². The molecule has 2 rings (SSSR count). The van der Waals surface area contributed by atoms with Crippen LogP contribution in [0, 0.1) is 11.3 Å². The second-order valence-electron chi connectivity index (χ2n) is 4.51. The maximum atomic E-state index is 12.5. The molecule has 0 aliphatic rings. The van der Waals surface area contributed by atoms with Gasteiger partial charge in [0.1, 0.15) is 11.0 Å². The standard InChI is InChI=1S/C16H12BrNO4S/c1-22-16-9-11(2-7-15(16)19)8-14(10-18)23(20,21)13-5-3-12(17)4-6-13/h2-9,19H,1H3/b14-8-. The number of ether oxygens (including phenoxy) is 1. The minimum Gasteiger partial charge on any atom is -0.504 e. The normalized spacial score (nSPS) is 11.8. The Labute approximate surface area is 142 Å². The van der Waals surface area contributed by atoms with Crippen LogP contribution in [0.25, 0.3) is 6.08 Å². The molecule has 0 amide bonds. The first-order valence-electron chi connectivity index (χ1n) is 6.38. The van der Waals surface area contributed by atoms with Crippen LogP contribution in [-0.4, -0.2) is 20.6 Å². The Kier molecular flexibility index (Phi) is 5.08. The fourth-order valence-corrected chi connectivity index (χ4v) is 3.27. The van der Waals surface area contributed by atoms with Gasteiger partial charge in [-0.25, -0.2) is 8.42 Å². The number of methoxy groups -OCH3 is 1. The van der Waals surface area contributed by atoms with Crippen LogP contribution in [0.5, 0.6) is 11.5 Å². The van der Waals surface area contributed by atoms with Gasteiger partial charge in [-0.1, -0.05) is 22.0 Å². The van der Waals surface area contributed by atoms with Crippen molar-refractivity contribution in [3.05, 3.63) is 57.4 Å². The molecule has 0 heterocycles. The number of hydrogen-bond donors (Lipinski definition) is 1. The summed E-state index contributed by atoms with van der Waals surface area (Å²) in [6.45, 7) is 0. The van der Waals surface area contributed by atoms with Gasteiger partial charge < -0.3 is 9.84 Å². The number of allylic oxidation sites excluding steroid dienone is 1. The quantitative estimate of drug-likeness (QED) is 0.802. The van der Waals surface area contributed by atoms with Gasteiger partial charge in [-0.15, -0.1) is 0 Å². The van der Waals surface area contributed by atoms with Crippen LogP contribution in [0.1, 0.15) is 5.56 Å². The molecule has 0 unspecified atom stereocenters. The molecule has 0 radical (unpaired) electrons. The Bertz CT molecular complexity index is 897. The van der Waals surface area contributed by atoms with Crippen molar-refractivity contribution in [3.8, 4) is 17.6 Å². The molecule has 0 atom stereocenters. The zero-order chi connectivity index (χ0) is 17.0. The number of phenols is 1. The van der Waals surface area contributed by atoms with E-state index in [1.54, 1.807) is 18.2 Å². The van der Waals surface area contributed by atoms with Gasteiger partial charge in [-0.3, -0.25) is 0 Å². The SMILES string of the molecule is COc1cc(/C=C(/C#N)S(=O)(=O)c2ccc(Br)cc2)ccc1O. The minimum atomic E-state index is -3.92. The molecule has 0 saturated carbocycles. The number of aromatic hydroxyl groups is 1. The summed E-state index contributed by atoms with van der Waals surface area (Å²) in [6, 6.07) is 12.0. The molecule has 118 valence electrons. The molecule has 0 spiro atoms. The van der Waals surface area contributed by atoms with Crippen molar-refractivity contribution >= 4 is 31.8 Å². The van der Waals surface area contributed by atoms with E-state index < -0.39 is 14.7 Å². The molecular formula is C16H12BrNO4S. The average Bonchev–Trinajstić information content (AvgIpc) is 2.54. The Hall–Kier alpha value is -2.30. The molecule has 0 fully saturated rings. The average molecular weight is 394 g/mol. The van der Waals surface area contributed by atoms with Crippen LogP contribution in [0.3, 0.4) is 0 Å². The Morgan fingerprint density at radius 1 is 1.26 bits per heavy atom. The highest BCUT2D eigenvalue weighted by Crippen LogP contribution is 2.29. The summed E-state index contributed by atoms with van der Waals surface area (Å²) in [4.78, 5) is -0.369. The predicted molar refractivity (Wildman–Crippen MR) is 89.6 cm³/mol. The molecule has 23 heavy (non-hydrogen) atoms. The Morgan fingerprint density at radius 2 is 1.91 bits per heavy atom. The van der Waals surface area contributed by atoms with E-state index in [2.05, 4.69) is 15.9 Å². The highest BCUT2D eigenvalue weighted by atomic mass is 79.9. The highest BCUT2D eigenvalue weighted by Gasteiger charge is 2.20. The number of benzene rings is 2. The van der Waals surface area contributed by atoms with Crippen LogP contribution in [0.4, 0.5) is 0 Å². The summed E-state index contributed by atoms with van der Waals surface area (Å²) >= 11 is 3.23. The molecular weight excluding hydrogens is 382 g/mol. The third kappa shape index (κ3) is 3.73. The third-order valence-electron chi connectivity index (χ3n) is 3.03. The first-order chi connectivity index (χ1) is 10.9. The second kappa shape index (κ2) is 6.86. The zero-order valence-electron chi connectivity index (χ0n) is 12.0. The van der Waals surface area contributed by atoms with Gasteiger partial charge in [0.25, 0.3) is 0 Å². The molecule has 7 heteroatoms. The predicted octanol–water partition coefficient (Wildman–Crippen LogP) is 3.50. The zero-order valence-corrected chi connectivity index (χ0v) is 14.4. The topological polar surface area (TPSA) is 87.4 Å². The molecule has 0 saturated heterocycles. The van der Waals surface area contributed by atoms with Crippen LogP contribution >= 0.6 is 15.9 Å². The van der Waals surface area contributed by atoms with Crippen LogP contribution in [-0.2, 0) is 9.84 Å². The molecule has 5 nitrogen and oxygen atoms in total. The van der Waals surface area contributed by atoms with Gasteiger partial charge in [-0.05, 0) is 48.0 Å². The van der Waals surface area contributed by atoms with Gasteiger partial charge >= 0.3 is 0 Å².